The topological polar surface area (TPSA) is 139 Å². The third kappa shape index (κ3) is 3.62. The monoisotopic (exact) mass is 378 g/mol. The van der Waals surface area contributed by atoms with Crippen molar-refractivity contribution in [1.82, 2.24) is 25.3 Å². The van der Waals surface area contributed by atoms with Gasteiger partial charge in [0, 0.05) is 19.9 Å². The first-order chi connectivity index (χ1) is 12.7. The van der Waals surface area contributed by atoms with E-state index in [0.717, 1.165) is 17.9 Å². The Balaban J connectivity index is 1.58. The summed E-state index contributed by atoms with van der Waals surface area (Å²) in [6, 6.07) is -0.627. The molecule has 2 aliphatic rings. The van der Waals surface area contributed by atoms with Crippen LogP contribution in [0.25, 0.3) is 0 Å². The number of aryl methyl sites for hydroxylation is 2. The number of amides is 4. The van der Waals surface area contributed by atoms with Gasteiger partial charge in [-0.05, 0) is 41.5 Å². The largest absolute Gasteiger partial charge is 0.381 e. The third-order valence-corrected chi connectivity index (χ3v) is 5.26. The maximum absolute atomic E-state index is 12.7. The van der Waals surface area contributed by atoms with Crippen LogP contribution in [-0.4, -0.2) is 42.9 Å². The molecule has 2 heterocycles. The Morgan fingerprint density at radius 3 is 2.70 bits per heavy atom. The second kappa shape index (κ2) is 6.97. The first-order valence-corrected chi connectivity index (χ1v) is 8.86. The van der Waals surface area contributed by atoms with E-state index in [2.05, 4.69) is 22.7 Å². The van der Waals surface area contributed by atoms with E-state index in [1.54, 1.807) is 6.92 Å². The van der Waals surface area contributed by atoms with Gasteiger partial charge in [0.2, 0.25) is 11.7 Å². The number of imidazole rings is 1. The van der Waals surface area contributed by atoms with Crippen LogP contribution in [0.3, 0.4) is 0 Å². The molecule has 1 aromatic heterocycles. The Kier molecular flexibility index (Phi) is 4.85. The number of hydrogen-bond acceptors (Lipinski definition) is 6. The van der Waals surface area contributed by atoms with Crippen molar-refractivity contribution in [2.24, 2.45) is 5.92 Å². The lowest BCUT2D eigenvalue weighted by Crippen LogP contribution is -2.51. The zero-order valence-corrected chi connectivity index (χ0v) is 15.2. The molecule has 0 bridgehead atoms. The van der Waals surface area contributed by atoms with Crippen LogP contribution in [0.15, 0.2) is 6.20 Å². The van der Waals surface area contributed by atoms with Crippen LogP contribution in [-0.2, 0) is 16.1 Å². The molecule has 2 fully saturated rings. The molecular weight excluding hydrogens is 356 g/mol. The van der Waals surface area contributed by atoms with Crippen molar-refractivity contribution >= 4 is 23.7 Å². The van der Waals surface area contributed by atoms with Crippen LogP contribution >= 0.6 is 0 Å². The summed E-state index contributed by atoms with van der Waals surface area (Å²) in [5, 5.41) is 14.2. The highest BCUT2D eigenvalue weighted by molar-refractivity contribution is 6.08. The molecule has 11 nitrogen and oxygen atoms in total. The number of aromatic nitrogens is 2. The summed E-state index contributed by atoms with van der Waals surface area (Å²) < 4.78 is 1.48. The highest BCUT2D eigenvalue weighted by Gasteiger charge is 2.52. The Morgan fingerprint density at radius 1 is 1.44 bits per heavy atom. The number of hydrogen-bond donors (Lipinski definition) is 2. The van der Waals surface area contributed by atoms with Crippen molar-refractivity contribution in [3.8, 4) is 0 Å². The first kappa shape index (κ1) is 18.8. The average molecular weight is 378 g/mol. The van der Waals surface area contributed by atoms with E-state index in [1.165, 1.54) is 10.8 Å². The Morgan fingerprint density at radius 2 is 2.11 bits per heavy atom. The number of nitrogens with zero attached hydrogens (tertiary/aromatic N) is 4. The fourth-order valence-corrected chi connectivity index (χ4v) is 3.52. The molecule has 0 unspecified atom stereocenters. The van der Waals surface area contributed by atoms with Gasteiger partial charge < -0.3 is 20.0 Å². The fraction of sp³-hybridized carbons (Fsp3) is 0.625. The van der Waals surface area contributed by atoms with Crippen LogP contribution in [0, 0.1) is 23.0 Å². The summed E-state index contributed by atoms with van der Waals surface area (Å²) >= 11 is 0. The van der Waals surface area contributed by atoms with Gasteiger partial charge in [0.1, 0.15) is 11.7 Å². The highest BCUT2D eigenvalue weighted by atomic mass is 16.6. The van der Waals surface area contributed by atoms with Crippen molar-refractivity contribution in [3.63, 3.8) is 0 Å². The molecule has 1 spiro atoms. The van der Waals surface area contributed by atoms with Crippen LogP contribution < -0.4 is 10.7 Å². The molecule has 27 heavy (non-hydrogen) atoms. The molecule has 0 radical (unpaired) electrons. The van der Waals surface area contributed by atoms with E-state index in [0.29, 0.717) is 24.6 Å². The molecule has 0 aromatic carbocycles. The van der Waals surface area contributed by atoms with E-state index >= 15 is 0 Å². The standard InChI is InChI=1S/C16H22N6O5/c1-10-3-6-16(7-4-10)14(24)21(15(25)18-16)19-13(23)5-8-20-9-12(22(26)27)17-11(20)2/h9-10H,3-8H2,1-2H3,(H,18,25)(H,19,23). The molecule has 1 aromatic rings. The lowest BCUT2D eigenvalue weighted by molar-refractivity contribution is -0.389. The Bertz CT molecular complexity index is 795. The lowest BCUT2D eigenvalue weighted by atomic mass is 9.77. The molecule has 3 rings (SSSR count). The smallest absolute Gasteiger partial charge is 0.358 e. The minimum atomic E-state index is -0.918. The summed E-state index contributed by atoms with van der Waals surface area (Å²) in [7, 11) is 0. The van der Waals surface area contributed by atoms with Gasteiger partial charge in [-0.3, -0.25) is 15.0 Å². The highest BCUT2D eigenvalue weighted by Crippen LogP contribution is 2.35. The number of urea groups is 1. The third-order valence-electron chi connectivity index (χ3n) is 5.26. The minimum Gasteiger partial charge on any atom is -0.358 e. The van der Waals surface area contributed by atoms with E-state index in [4.69, 9.17) is 0 Å². The van der Waals surface area contributed by atoms with Gasteiger partial charge in [0.25, 0.3) is 5.91 Å². The molecule has 4 amide bonds. The van der Waals surface area contributed by atoms with Crippen molar-refractivity contribution in [3.05, 3.63) is 22.1 Å². The second-order valence-corrected chi connectivity index (χ2v) is 7.22. The number of nitrogens with one attached hydrogen (secondary N) is 2. The number of carbonyl (C=O) groups is 3. The van der Waals surface area contributed by atoms with Crippen molar-refractivity contribution in [1.29, 1.82) is 0 Å². The molecule has 0 atom stereocenters. The summed E-state index contributed by atoms with van der Waals surface area (Å²) in [5.41, 5.74) is 1.43. The maximum atomic E-state index is 12.7. The second-order valence-electron chi connectivity index (χ2n) is 7.22. The van der Waals surface area contributed by atoms with Gasteiger partial charge in [-0.2, -0.15) is 5.01 Å². The molecule has 2 N–H and O–H groups in total. The summed E-state index contributed by atoms with van der Waals surface area (Å²) in [5.74, 6) is -0.348. The number of hydrazine groups is 1. The molecule has 11 heteroatoms. The van der Waals surface area contributed by atoms with E-state index in [1.807, 2.05) is 0 Å². The molecule has 1 aliphatic carbocycles. The average Bonchev–Trinajstić information content (AvgIpc) is 3.09. The predicted octanol–water partition coefficient (Wildman–Crippen LogP) is 1.02. The van der Waals surface area contributed by atoms with Crippen LogP contribution in [0.5, 0.6) is 0 Å². The van der Waals surface area contributed by atoms with Gasteiger partial charge in [-0.1, -0.05) is 6.92 Å². The number of carbonyl (C=O) groups excluding carboxylic acids is 3. The number of nitro groups is 1. The van der Waals surface area contributed by atoms with Gasteiger partial charge in [0.15, 0.2) is 0 Å². The Hall–Kier alpha value is -2.98. The van der Waals surface area contributed by atoms with Crippen LogP contribution in [0.1, 0.15) is 44.9 Å². The van der Waals surface area contributed by atoms with Crippen molar-refractivity contribution in [2.75, 3.05) is 0 Å². The zero-order chi connectivity index (χ0) is 19.8. The number of imide groups is 1. The molecular formula is C16H22N6O5. The first-order valence-electron chi connectivity index (χ1n) is 8.86. The van der Waals surface area contributed by atoms with E-state index in [-0.39, 0.29) is 18.8 Å². The van der Waals surface area contributed by atoms with Gasteiger partial charge >= 0.3 is 11.8 Å². The Labute approximate surface area is 155 Å². The molecule has 1 saturated carbocycles. The fourth-order valence-electron chi connectivity index (χ4n) is 3.52. The predicted molar refractivity (Wildman–Crippen MR) is 92.1 cm³/mol. The zero-order valence-electron chi connectivity index (χ0n) is 15.2. The van der Waals surface area contributed by atoms with Gasteiger partial charge in [0.05, 0.1) is 0 Å². The van der Waals surface area contributed by atoms with Gasteiger partial charge in [-0.15, -0.1) is 0 Å². The summed E-state index contributed by atoms with van der Waals surface area (Å²) in [6.45, 7) is 3.84. The lowest BCUT2D eigenvalue weighted by Gasteiger charge is -2.33. The summed E-state index contributed by atoms with van der Waals surface area (Å²) in [6.07, 6.45) is 3.98. The maximum Gasteiger partial charge on any atom is 0.381 e. The molecule has 146 valence electrons. The normalized spacial score (nSPS) is 25.0. The SMILES string of the molecule is Cc1nc([N+](=O)[O-])cn1CCC(=O)NN1C(=O)NC2(CCC(C)CC2)C1=O. The van der Waals surface area contributed by atoms with Crippen molar-refractivity contribution in [2.45, 2.75) is 58.0 Å². The molecule has 1 saturated heterocycles. The molecule has 1 aliphatic heterocycles. The van der Waals surface area contributed by atoms with Crippen molar-refractivity contribution < 1.29 is 19.3 Å². The number of rotatable bonds is 5. The van der Waals surface area contributed by atoms with Crippen LogP contribution in [0.4, 0.5) is 10.6 Å². The van der Waals surface area contributed by atoms with Gasteiger partial charge in [-0.25, -0.2) is 4.79 Å². The van der Waals surface area contributed by atoms with Crippen LogP contribution in [0.2, 0.25) is 0 Å². The minimum absolute atomic E-state index is 0.0601. The quantitative estimate of drug-likeness (QED) is 0.445. The van der Waals surface area contributed by atoms with E-state index in [9.17, 15) is 24.5 Å². The summed E-state index contributed by atoms with van der Waals surface area (Å²) in [4.78, 5) is 50.9. The van der Waals surface area contributed by atoms with E-state index < -0.39 is 28.3 Å².